The smallest absolute Gasteiger partial charge is 0.341 e. The maximum absolute atomic E-state index is 12.2. The first-order valence-electron chi connectivity index (χ1n) is 9.29. The SMILES string of the molecule is CCn1cc(CNCCNC(=O)C(=O)Nc2sc(C)c(C)c2C(=O)OC)c(C)n1. The number of anilines is 1. The number of aromatic nitrogens is 2. The molecule has 0 atom stereocenters. The second-order valence-electron chi connectivity index (χ2n) is 6.46. The first-order chi connectivity index (χ1) is 13.8. The van der Waals surface area contributed by atoms with Crippen LogP contribution in [0, 0.1) is 20.8 Å². The van der Waals surface area contributed by atoms with Gasteiger partial charge >= 0.3 is 17.8 Å². The van der Waals surface area contributed by atoms with E-state index in [4.69, 9.17) is 4.74 Å². The number of nitrogens with one attached hydrogen (secondary N) is 3. The third-order valence-corrected chi connectivity index (χ3v) is 5.61. The van der Waals surface area contributed by atoms with Crippen LogP contribution in [-0.2, 0) is 27.4 Å². The number of hydrogen-bond donors (Lipinski definition) is 3. The highest BCUT2D eigenvalue weighted by atomic mass is 32.1. The van der Waals surface area contributed by atoms with Gasteiger partial charge in [0.1, 0.15) is 5.00 Å². The van der Waals surface area contributed by atoms with Crippen LogP contribution in [0.15, 0.2) is 6.20 Å². The molecule has 0 aliphatic rings. The minimum atomic E-state index is -0.823. The summed E-state index contributed by atoms with van der Waals surface area (Å²) < 4.78 is 6.63. The highest BCUT2D eigenvalue weighted by molar-refractivity contribution is 7.17. The van der Waals surface area contributed by atoms with Crippen molar-refractivity contribution in [3.8, 4) is 0 Å². The van der Waals surface area contributed by atoms with Gasteiger partial charge in [-0.25, -0.2) is 4.79 Å². The number of carbonyl (C=O) groups excluding carboxylic acids is 3. The van der Waals surface area contributed by atoms with Gasteiger partial charge < -0.3 is 20.7 Å². The van der Waals surface area contributed by atoms with Crippen molar-refractivity contribution >= 4 is 34.1 Å². The molecular weight excluding hydrogens is 394 g/mol. The van der Waals surface area contributed by atoms with E-state index in [2.05, 4.69) is 21.0 Å². The Labute approximate surface area is 173 Å². The minimum Gasteiger partial charge on any atom is -0.465 e. The van der Waals surface area contributed by atoms with Gasteiger partial charge in [-0.05, 0) is 33.3 Å². The first-order valence-corrected chi connectivity index (χ1v) is 10.1. The number of ether oxygens (including phenoxy) is 1. The van der Waals surface area contributed by atoms with E-state index in [0.717, 1.165) is 28.2 Å². The topological polar surface area (TPSA) is 114 Å². The largest absolute Gasteiger partial charge is 0.465 e. The molecule has 29 heavy (non-hydrogen) atoms. The van der Waals surface area contributed by atoms with Crippen LogP contribution in [0.3, 0.4) is 0 Å². The summed E-state index contributed by atoms with van der Waals surface area (Å²) in [7, 11) is 1.27. The van der Waals surface area contributed by atoms with E-state index in [9.17, 15) is 14.4 Å². The molecule has 9 nitrogen and oxygen atoms in total. The summed E-state index contributed by atoms with van der Waals surface area (Å²) >= 11 is 1.23. The number of amides is 2. The first kappa shape index (κ1) is 22.6. The van der Waals surface area contributed by atoms with Crippen LogP contribution in [0.4, 0.5) is 5.00 Å². The lowest BCUT2D eigenvalue weighted by molar-refractivity contribution is -0.136. The zero-order chi connectivity index (χ0) is 21.6. The quantitative estimate of drug-likeness (QED) is 0.338. The fourth-order valence-corrected chi connectivity index (χ4v) is 3.73. The lowest BCUT2D eigenvalue weighted by atomic mass is 10.1. The molecule has 0 spiro atoms. The van der Waals surface area contributed by atoms with E-state index in [1.807, 2.05) is 31.6 Å². The molecule has 0 fully saturated rings. The molecule has 2 aromatic rings. The van der Waals surface area contributed by atoms with Crippen molar-refractivity contribution in [1.82, 2.24) is 20.4 Å². The van der Waals surface area contributed by atoms with Crippen LogP contribution in [0.5, 0.6) is 0 Å². The average Bonchev–Trinajstić information content (AvgIpc) is 3.19. The van der Waals surface area contributed by atoms with Crippen LogP contribution >= 0.6 is 11.3 Å². The highest BCUT2D eigenvalue weighted by Crippen LogP contribution is 2.32. The molecule has 2 rings (SSSR count). The van der Waals surface area contributed by atoms with Crippen molar-refractivity contribution < 1.29 is 19.1 Å². The molecule has 0 aliphatic heterocycles. The third kappa shape index (κ3) is 5.64. The standard InChI is InChI=1S/C19H27N5O4S/c1-6-24-10-14(12(3)23-24)9-20-7-8-21-16(25)17(26)22-18-15(19(27)28-5)11(2)13(4)29-18/h10,20H,6-9H2,1-5H3,(H,21,25)(H,22,26). The van der Waals surface area contributed by atoms with Gasteiger partial charge in [-0.3, -0.25) is 14.3 Å². The van der Waals surface area contributed by atoms with Crippen molar-refractivity contribution in [1.29, 1.82) is 0 Å². The summed E-state index contributed by atoms with van der Waals surface area (Å²) in [6, 6.07) is 0. The number of nitrogens with zero attached hydrogens (tertiary/aromatic N) is 2. The zero-order valence-corrected chi connectivity index (χ0v) is 18.2. The van der Waals surface area contributed by atoms with Crippen molar-refractivity contribution in [2.75, 3.05) is 25.5 Å². The second kappa shape index (κ2) is 10.2. The summed E-state index contributed by atoms with van der Waals surface area (Å²) in [6.45, 7) is 9.81. The van der Waals surface area contributed by atoms with E-state index in [0.29, 0.717) is 24.6 Å². The van der Waals surface area contributed by atoms with Crippen molar-refractivity contribution in [3.05, 3.63) is 33.5 Å². The lowest BCUT2D eigenvalue weighted by Crippen LogP contribution is -2.39. The fraction of sp³-hybridized carbons (Fsp3) is 0.474. The van der Waals surface area contributed by atoms with Crippen molar-refractivity contribution in [2.45, 2.75) is 40.8 Å². The lowest BCUT2D eigenvalue weighted by Gasteiger charge is -2.08. The van der Waals surface area contributed by atoms with Crippen LogP contribution in [0.1, 0.15) is 39.0 Å². The predicted octanol–water partition coefficient (Wildman–Crippen LogP) is 1.52. The van der Waals surface area contributed by atoms with Gasteiger partial charge in [0.15, 0.2) is 0 Å². The van der Waals surface area contributed by atoms with Crippen molar-refractivity contribution in [2.24, 2.45) is 0 Å². The molecule has 158 valence electrons. The number of carbonyl (C=O) groups is 3. The number of esters is 1. The van der Waals surface area contributed by atoms with Crippen LogP contribution in [0.2, 0.25) is 0 Å². The fourth-order valence-electron chi connectivity index (χ4n) is 2.69. The maximum Gasteiger partial charge on any atom is 0.341 e. The molecule has 2 aromatic heterocycles. The second-order valence-corrected chi connectivity index (χ2v) is 7.69. The van der Waals surface area contributed by atoms with Gasteiger partial charge in [-0.1, -0.05) is 0 Å². The summed E-state index contributed by atoms with van der Waals surface area (Å²) in [5.41, 5.74) is 3.06. The number of thiophene rings is 1. The molecule has 2 heterocycles. The van der Waals surface area contributed by atoms with Gasteiger partial charge in [-0.15, -0.1) is 11.3 Å². The predicted molar refractivity (Wildman–Crippen MR) is 111 cm³/mol. The van der Waals surface area contributed by atoms with Gasteiger partial charge in [0, 0.05) is 42.8 Å². The number of rotatable bonds is 8. The highest BCUT2D eigenvalue weighted by Gasteiger charge is 2.23. The number of hydrogen-bond acceptors (Lipinski definition) is 7. The van der Waals surface area contributed by atoms with Crippen LogP contribution < -0.4 is 16.0 Å². The third-order valence-electron chi connectivity index (χ3n) is 4.48. The molecule has 0 radical (unpaired) electrons. The average molecular weight is 422 g/mol. The molecule has 10 heteroatoms. The molecule has 0 aliphatic carbocycles. The van der Waals surface area contributed by atoms with E-state index in [1.165, 1.54) is 18.4 Å². The minimum absolute atomic E-state index is 0.279. The zero-order valence-electron chi connectivity index (χ0n) is 17.3. The summed E-state index contributed by atoms with van der Waals surface area (Å²) in [5.74, 6) is -2.13. The normalized spacial score (nSPS) is 10.7. The summed E-state index contributed by atoms with van der Waals surface area (Å²) in [6.07, 6.45) is 1.98. The monoisotopic (exact) mass is 421 g/mol. The van der Waals surface area contributed by atoms with Gasteiger partial charge in [-0.2, -0.15) is 5.10 Å². The van der Waals surface area contributed by atoms with Gasteiger partial charge in [0.25, 0.3) is 0 Å². The Hall–Kier alpha value is -2.72. The van der Waals surface area contributed by atoms with E-state index >= 15 is 0 Å². The van der Waals surface area contributed by atoms with Crippen LogP contribution in [-0.4, -0.2) is 47.8 Å². The Kier molecular flexibility index (Phi) is 7.91. The Morgan fingerprint density at radius 3 is 2.52 bits per heavy atom. The molecule has 0 bridgehead atoms. The molecule has 0 saturated carbocycles. The van der Waals surface area contributed by atoms with Crippen molar-refractivity contribution in [3.63, 3.8) is 0 Å². The summed E-state index contributed by atoms with van der Waals surface area (Å²) in [4.78, 5) is 37.0. The Morgan fingerprint density at radius 2 is 1.90 bits per heavy atom. The van der Waals surface area contributed by atoms with E-state index < -0.39 is 17.8 Å². The molecule has 0 aromatic carbocycles. The van der Waals surface area contributed by atoms with E-state index in [1.54, 1.807) is 6.92 Å². The molecule has 2 amide bonds. The molecule has 0 unspecified atom stereocenters. The van der Waals surface area contributed by atoms with Gasteiger partial charge in [0.2, 0.25) is 0 Å². The molecule has 3 N–H and O–H groups in total. The van der Waals surface area contributed by atoms with E-state index in [-0.39, 0.29) is 5.56 Å². The Morgan fingerprint density at radius 1 is 1.17 bits per heavy atom. The van der Waals surface area contributed by atoms with Gasteiger partial charge in [0.05, 0.1) is 18.4 Å². The Balaban J connectivity index is 1.81. The number of aryl methyl sites for hydroxylation is 3. The maximum atomic E-state index is 12.2. The van der Waals surface area contributed by atoms with Crippen LogP contribution in [0.25, 0.3) is 0 Å². The number of methoxy groups -OCH3 is 1. The summed E-state index contributed by atoms with van der Waals surface area (Å²) in [5, 5.41) is 13.0. The Bertz CT molecular complexity index is 903. The molecule has 0 saturated heterocycles. The molecular formula is C19H27N5O4S.